The van der Waals surface area contributed by atoms with E-state index < -0.39 is 11.6 Å². The van der Waals surface area contributed by atoms with Crippen molar-refractivity contribution < 1.29 is 17.9 Å². The Kier molecular flexibility index (Phi) is 4.17. The highest BCUT2D eigenvalue weighted by molar-refractivity contribution is 5.60. The second-order valence-corrected chi connectivity index (χ2v) is 5.42. The summed E-state index contributed by atoms with van der Waals surface area (Å²) in [4.78, 5) is 0. The number of hydrazine groups is 1. The molecule has 0 fully saturated rings. The van der Waals surface area contributed by atoms with Crippen LogP contribution in [0.4, 0.5) is 18.9 Å². The third kappa shape index (κ3) is 3.31. The van der Waals surface area contributed by atoms with Crippen LogP contribution in [0.5, 0.6) is 0 Å². The van der Waals surface area contributed by atoms with E-state index in [-0.39, 0.29) is 0 Å². The summed E-state index contributed by atoms with van der Waals surface area (Å²) < 4.78 is 44.0. The number of halogens is 3. The van der Waals surface area contributed by atoms with Gasteiger partial charge in [-0.15, -0.1) is 0 Å². The number of nitrogens with zero attached hydrogens (tertiary/aromatic N) is 1. The molecular weight excluding hydrogens is 281 g/mol. The van der Waals surface area contributed by atoms with Gasteiger partial charge >= 0.3 is 6.18 Å². The first-order valence-corrected chi connectivity index (χ1v) is 6.54. The van der Waals surface area contributed by atoms with Crippen LogP contribution in [0.2, 0.25) is 0 Å². The van der Waals surface area contributed by atoms with Crippen molar-refractivity contribution in [3.63, 3.8) is 0 Å². The van der Waals surface area contributed by atoms with Crippen LogP contribution in [0.15, 0.2) is 18.2 Å². The number of benzene rings is 1. The van der Waals surface area contributed by atoms with Gasteiger partial charge in [-0.25, -0.2) is 5.84 Å². The summed E-state index contributed by atoms with van der Waals surface area (Å²) in [7, 11) is 0. The maximum atomic E-state index is 12.8. The van der Waals surface area contributed by atoms with Crippen molar-refractivity contribution >= 4 is 5.69 Å². The summed E-state index contributed by atoms with van der Waals surface area (Å²) in [6, 6.07) is 5.22. The van der Waals surface area contributed by atoms with Crippen molar-refractivity contribution in [2.45, 2.75) is 26.6 Å². The monoisotopic (exact) mass is 298 g/mol. The molecule has 0 spiro atoms. The molecule has 114 valence electrons. The van der Waals surface area contributed by atoms with E-state index in [1.807, 2.05) is 6.07 Å². The summed E-state index contributed by atoms with van der Waals surface area (Å²) in [5.74, 6) is 10.8. The van der Waals surface area contributed by atoms with Gasteiger partial charge in [0.15, 0.2) is 0 Å². The lowest BCUT2D eigenvalue weighted by Gasteiger charge is -2.21. The molecule has 0 amide bonds. The van der Waals surface area contributed by atoms with Crippen LogP contribution in [0, 0.1) is 17.3 Å². The highest BCUT2D eigenvalue weighted by Gasteiger charge is 2.46. The summed E-state index contributed by atoms with van der Waals surface area (Å²) in [6.45, 7) is 3.41. The maximum absolute atomic E-state index is 12.8. The fraction of sp³-hybridized carbons (Fsp3) is 0.467. The van der Waals surface area contributed by atoms with Crippen molar-refractivity contribution in [2.24, 2.45) is 11.3 Å². The molecule has 2 rings (SSSR count). The third-order valence-electron chi connectivity index (χ3n) is 3.40. The fourth-order valence-electron chi connectivity index (χ4n) is 1.86. The van der Waals surface area contributed by atoms with E-state index in [1.165, 1.54) is 5.01 Å². The molecule has 0 bridgehead atoms. The molecule has 0 aliphatic carbocycles. The molecule has 1 aliphatic heterocycles. The van der Waals surface area contributed by atoms with E-state index in [4.69, 9.17) is 10.6 Å². The summed E-state index contributed by atoms with van der Waals surface area (Å²) in [5.41, 5.74) is -0.0850. The Bertz CT molecular complexity index is 585. The highest BCUT2D eigenvalue weighted by Crippen LogP contribution is 2.37. The molecule has 1 aromatic rings. The molecular formula is C15H17F3N2O. The normalized spacial score (nSPS) is 15.8. The van der Waals surface area contributed by atoms with Crippen LogP contribution in [-0.2, 0) is 11.3 Å². The summed E-state index contributed by atoms with van der Waals surface area (Å²) in [5, 5.41) is 1.53. The van der Waals surface area contributed by atoms with Gasteiger partial charge in [-0.2, -0.15) is 13.2 Å². The Morgan fingerprint density at radius 2 is 2.00 bits per heavy atom. The molecule has 0 radical (unpaired) electrons. The van der Waals surface area contributed by atoms with Crippen LogP contribution in [0.25, 0.3) is 0 Å². The summed E-state index contributed by atoms with van der Waals surface area (Å²) in [6.07, 6.45) is -4.37. The van der Waals surface area contributed by atoms with Gasteiger partial charge in [0.1, 0.15) is 5.41 Å². The van der Waals surface area contributed by atoms with Gasteiger partial charge in [-0.1, -0.05) is 17.9 Å². The van der Waals surface area contributed by atoms with E-state index in [9.17, 15) is 13.2 Å². The lowest BCUT2D eigenvalue weighted by atomic mass is 9.93. The SMILES string of the molecule is CC(C)(C#Cc1cccc2c1COCCN2N)C(F)(F)F. The molecule has 0 saturated carbocycles. The topological polar surface area (TPSA) is 38.5 Å². The van der Waals surface area contributed by atoms with Crippen LogP contribution >= 0.6 is 0 Å². The molecule has 0 unspecified atom stereocenters. The average molecular weight is 298 g/mol. The quantitative estimate of drug-likeness (QED) is 0.591. The number of nitrogens with two attached hydrogens (primary N) is 1. The molecule has 6 heteroatoms. The first-order chi connectivity index (χ1) is 9.72. The largest absolute Gasteiger partial charge is 0.404 e. The van der Waals surface area contributed by atoms with Gasteiger partial charge in [0.05, 0.1) is 25.4 Å². The van der Waals surface area contributed by atoms with E-state index in [1.54, 1.807) is 12.1 Å². The maximum Gasteiger partial charge on any atom is 0.404 e. The van der Waals surface area contributed by atoms with Crippen LogP contribution < -0.4 is 10.9 Å². The minimum Gasteiger partial charge on any atom is -0.375 e. The Hall–Kier alpha value is -1.71. The molecule has 0 atom stereocenters. The van der Waals surface area contributed by atoms with Gasteiger partial charge in [-0.05, 0) is 26.0 Å². The number of ether oxygens (including phenoxy) is 1. The first-order valence-electron chi connectivity index (χ1n) is 6.54. The Morgan fingerprint density at radius 3 is 2.67 bits per heavy atom. The zero-order valence-corrected chi connectivity index (χ0v) is 11.9. The van der Waals surface area contributed by atoms with Crippen molar-refractivity contribution in [1.29, 1.82) is 0 Å². The van der Waals surface area contributed by atoms with Crippen LogP contribution in [0.1, 0.15) is 25.0 Å². The fourth-order valence-corrected chi connectivity index (χ4v) is 1.86. The molecule has 2 N–H and O–H groups in total. The standard InChI is InChI=1S/C15H17F3N2O/c1-14(2,15(16,17)18)7-6-11-4-3-5-13-12(11)10-21-9-8-20(13)19/h3-5H,8-10,19H2,1-2H3. The van der Waals surface area contributed by atoms with E-state index in [0.29, 0.717) is 25.3 Å². The molecule has 1 aliphatic rings. The number of fused-ring (bicyclic) bond motifs is 1. The van der Waals surface area contributed by atoms with Crippen LogP contribution in [0.3, 0.4) is 0 Å². The van der Waals surface area contributed by atoms with E-state index >= 15 is 0 Å². The second kappa shape index (κ2) is 5.58. The molecule has 0 aromatic heterocycles. The molecule has 1 heterocycles. The Balaban J connectivity index is 2.42. The third-order valence-corrected chi connectivity index (χ3v) is 3.40. The first kappa shape index (κ1) is 15.7. The lowest BCUT2D eigenvalue weighted by Crippen LogP contribution is -2.33. The second-order valence-electron chi connectivity index (χ2n) is 5.42. The van der Waals surface area contributed by atoms with E-state index in [2.05, 4.69) is 11.8 Å². The molecule has 21 heavy (non-hydrogen) atoms. The molecule has 1 aromatic carbocycles. The Labute approximate surface area is 121 Å². The van der Waals surface area contributed by atoms with Gasteiger partial charge in [0.25, 0.3) is 0 Å². The summed E-state index contributed by atoms with van der Waals surface area (Å²) >= 11 is 0. The number of anilines is 1. The minimum absolute atomic E-state index is 0.292. The van der Waals surface area contributed by atoms with Crippen molar-refractivity contribution in [1.82, 2.24) is 0 Å². The van der Waals surface area contributed by atoms with Crippen molar-refractivity contribution in [3.8, 4) is 11.8 Å². The predicted octanol–water partition coefficient (Wildman–Crippen LogP) is 2.84. The number of hydrogen-bond acceptors (Lipinski definition) is 3. The minimum atomic E-state index is -4.37. The average Bonchev–Trinajstić information content (AvgIpc) is 2.58. The number of alkyl halides is 3. The number of hydrogen-bond donors (Lipinski definition) is 1. The van der Waals surface area contributed by atoms with Crippen LogP contribution in [-0.4, -0.2) is 19.3 Å². The van der Waals surface area contributed by atoms with Gasteiger partial charge in [-0.3, -0.25) is 0 Å². The van der Waals surface area contributed by atoms with Gasteiger partial charge in [0.2, 0.25) is 0 Å². The van der Waals surface area contributed by atoms with Gasteiger partial charge in [0, 0.05) is 11.1 Å². The van der Waals surface area contributed by atoms with E-state index in [0.717, 1.165) is 25.1 Å². The lowest BCUT2D eigenvalue weighted by molar-refractivity contribution is -0.190. The predicted molar refractivity (Wildman–Crippen MR) is 74.3 cm³/mol. The zero-order chi connectivity index (χ0) is 15.7. The van der Waals surface area contributed by atoms with Crippen molar-refractivity contribution in [3.05, 3.63) is 29.3 Å². The van der Waals surface area contributed by atoms with Crippen molar-refractivity contribution in [2.75, 3.05) is 18.2 Å². The molecule has 3 nitrogen and oxygen atoms in total. The smallest absolute Gasteiger partial charge is 0.375 e. The molecule has 0 saturated heterocycles. The van der Waals surface area contributed by atoms with Gasteiger partial charge < -0.3 is 9.75 Å². The Morgan fingerprint density at radius 1 is 1.29 bits per heavy atom. The zero-order valence-electron chi connectivity index (χ0n) is 11.9. The highest BCUT2D eigenvalue weighted by atomic mass is 19.4. The number of rotatable bonds is 0.